The first-order valence-corrected chi connectivity index (χ1v) is 21.4. The van der Waals surface area contributed by atoms with Crippen LogP contribution in [0.3, 0.4) is 0 Å². The van der Waals surface area contributed by atoms with Gasteiger partial charge in [-0.15, -0.1) is 0 Å². The van der Waals surface area contributed by atoms with Crippen molar-refractivity contribution in [2.45, 2.75) is 134 Å². The molecule has 3 aliphatic rings. The highest BCUT2D eigenvalue weighted by atomic mass is 35.5. The van der Waals surface area contributed by atoms with Gasteiger partial charge in [0.1, 0.15) is 35.6 Å². The first-order chi connectivity index (χ1) is 28.2. The smallest absolute Gasteiger partial charge is 0.355 e. The molecular weight excluding hydrogens is 830 g/mol. The molecular formula is C41H58Cl2F3N7O7. The van der Waals surface area contributed by atoms with Crippen molar-refractivity contribution in [2.24, 2.45) is 11.3 Å². The fourth-order valence-corrected chi connectivity index (χ4v) is 8.76. The summed E-state index contributed by atoms with van der Waals surface area (Å²) in [5, 5.41) is 11.4. The van der Waals surface area contributed by atoms with Gasteiger partial charge < -0.3 is 36.0 Å². The lowest BCUT2D eigenvalue weighted by atomic mass is 9.72. The summed E-state index contributed by atoms with van der Waals surface area (Å²) in [6.45, 7) is 4.88. The molecule has 1 aromatic rings. The van der Waals surface area contributed by atoms with E-state index in [0.29, 0.717) is 41.3 Å². The van der Waals surface area contributed by atoms with Crippen LogP contribution in [0.15, 0.2) is 18.2 Å². The molecule has 60 heavy (non-hydrogen) atoms. The highest BCUT2D eigenvalue weighted by Gasteiger charge is 2.62. The Morgan fingerprint density at radius 3 is 2.28 bits per heavy atom. The minimum absolute atomic E-state index is 0.0229. The third-order valence-corrected chi connectivity index (χ3v) is 12.4. The number of alkyl halides is 3. The second kappa shape index (κ2) is 21.1. The zero-order valence-electron chi connectivity index (χ0n) is 34.9. The molecule has 2 saturated heterocycles. The fraction of sp³-hybridized carbons (Fsp3) is 0.683. The Labute approximate surface area is 359 Å². The van der Waals surface area contributed by atoms with Crippen LogP contribution in [-0.4, -0.2) is 126 Å². The molecule has 0 spiro atoms. The van der Waals surface area contributed by atoms with Crippen molar-refractivity contribution in [3.05, 3.63) is 33.8 Å². The molecule has 7 amide bonds. The SMILES string of the molecule is CC(C)C[C@@H]1NC(=O)[C@@H](N(C)C(=O)[C@H](C)NC(=O)[C@@H]2CCCN2C(=O)C2(C(F)(F)F)CCCCC2)CCCCNC(=O)CNC(=O)[C@H](Cc2cc(Cl)ccc2Cl)N(C)C1=O. The van der Waals surface area contributed by atoms with Crippen LogP contribution in [0.25, 0.3) is 0 Å². The first-order valence-electron chi connectivity index (χ1n) is 20.7. The minimum atomic E-state index is -4.79. The van der Waals surface area contributed by atoms with Gasteiger partial charge in [0.25, 0.3) is 0 Å². The number of likely N-dealkylation sites (tertiary alicyclic amines) is 1. The van der Waals surface area contributed by atoms with E-state index in [2.05, 4.69) is 21.3 Å². The Morgan fingerprint density at radius 1 is 0.950 bits per heavy atom. The summed E-state index contributed by atoms with van der Waals surface area (Å²) in [4.78, 5) is 99.4. The van der Waals surface area contributed by atoms with Gasteiger partial charge in [0.05, 0.1) is 6.54 Å². The van der Waals surface area contributed by atoms with E-state index >= 15 is 0 Å². The molecule has 4 N–H and O–H groups in total. The maximum Gasteiger partial charge on any atom is 0.403 e. The highest BCUT2D eigenvalue weighted by Crippen LogP contribution is 2.51. The minimum Gasteiger partial charge on any atom is -0.355 e. The molecule has 14 nitrogen and oxygen atoms in total. The highest BCUT2D eigenvalue weighted by molar-refractivity contribution is 6.33. The van der Waals surface area contributed by atoms with E-state index in [1.54, 1.807) is 18.2 Å². The quantitative estimate of drug-likeness (QED) is 0.288. The second-order valence-corrected chi connectivity index (χ2v) is 17.5. The number of nitrogens with one attached hydrogen (secondary N) is 4. The molecule has 0 unspecified atom stereocenters. The Balaban J connectivity index is 1.56. The molecule has 1 saturated carbocycles. The molecule has 19 heteroatoms. The number of carbonyl (C=O) groups excluding carboxylic acids is 7. The second-order valence-electron chi connectivity index (χ2n) is 16.7. The van der Waals surface area contributed by atoms with Gasteiger partial charge in [-0.05, 0) is 88.0 Å². The predicted molar refractivity (Wildman–Crippen MR) is 218 cm³/mol. The number of nitrogens with zero attached hydrogens (tertiary/aromatic N) is 3. The molecule has 2 heterocycles. The van der Waals surface area contributed by atoms with E-state index in [-0.39, 0.29) is 76.9 Å². The summed E-state index contributed by atoms with van der Waals surface area (Å²) in [6.07, 6.45) is -3.04. The lowest BCUT2D eigenvalue weighted by Crippen LogP contribution is -2.60. The van der Waals surface area contributed by atoms with Gasteiger partial charge >= 0.3 is 6.18 Å². The molecule has 2 aliphatic heterocycles. The average molecular weight is 889 g/mol. The maximum absolute atomic E-state index is 14.4. The summed E-state index contributed by atoms with van der Waals surface area (Å²) in [5.41, 5.74) is -2.09. The summed E-state index contributed by atoms with van der Waals surface area (Å²) in [5.74, 6) is -5.11. The molecule has 3 fully saturated rings. The summed E-state index contributed by atoms with van der Waals surface area (Å²) < 4.78 is 43.3. The maximum atomic E-state index is 14.4. The van der Waals surface area contributed by atoms with Crippen LogP contribution in [0.2, 0.25) is 10.0 Å². The molecule has 0 radical (unpaired) electrons. The number of likely N-dealkylation sites (N-methyl/N-ethyl adjacent to an activating group) is 2. The molecule has 1 aromatic carbocycles. The molecule has 0 bridgehead atoms. The largest absolute Gasteiger partial charge is 0.403 e. The van der Waals surface area contributed by atoms with Crippen molar-refractivity contribution in [1.29, 1.82) is 0 Å². The number of hydrogen-bond acceptors (Lipinski definition) is 7. The van der Waals surface area contributed by atoms with E-state index < -0.39 is 83.2 Å². The van der Waals surface area contributed by atoms with E-state index in [9.17, 15) is 46.7 Å². The van der Waals surface area contributed by atoms with Crippen LogP contribution in [0, 0.1) is 11.3 Å². The van der Waals surface area contributed by atoms with Crippen molar-refractivity contribution < 1.29 is 46.7 Å². The van der Waals surface area contributed by atoms with Gasteiger partial charge in [0, 0.05) is 43.7 Å². The Morgan fingerprint density at radius 2 is 1.63 bits per heavy atom. The van der Waals surface area contributed by atoms with Crippen molar-refractivity contribution >= 4 is 64.6 Å². The van der Waals surface area contributed by atoms with Crippen molar-refractivity contribution in [1.82, 2.24) is 36.0 Å². The summed E-state index contributed by atoms with van der Waals surface area (Å²) in [6, 6.07) is -1.26. The monoisotopic (exact) mass is 887 g/mol. The van der Waals surface area contributed by atoms with E-state index in [1.165, 1.54) is 25.9 Å². The topological polar surface area (TPSA) is 177 Å². The van der Waals surface area contributed by atoms with Gasteiger partial charge in [-0.3, -0.25) is 33.6 Å². The molecule has 1 aliphatic carbocycles. The van der Waals surface area contributed by atoms with Gasteiger partial charge in [0.2, 0.25) is 41.4 Å². The van der Waals surface area contributed by atoms with Crippen LogP contribution >= 0.6 is 23.2 Å². The zero-order chi connectivity index (χ0) is 44.5. The predicted octanol–water partition coefficient (Wildman–Crippen LogP) is 4.15. The lowest BCUT2D eigenvalue weighted by molar-refractivity contribution is -0.236. The van der Waals surface area contributed by atoms with Gasteiger partial charge in [0.15, 0.2) is 0 Å². The van der Waals surface area contributed by atoms with E-state index in [0.717, 1.165) is 9.80 Å². The van der Waals surface area contributed by atoms with Crippen LogP contribution in [-0.2, 0) is 40.0 Å². The third-order valence-electron chi connectivity index (χ3n) is 11.8. The normalized spacial score (nSPS) is 24.3. The van der Waals surface area contributed by atoms with Crippen molar-refractivity contribution in [3.63, 3.8) is 0 Å². The number of halogens is 5. The molecule has 334 valence electrons. The van der Waals surface area contributed by atoms with Gasteiger partial charge in [-0.2, -0.15) is 13.2 Å². The zero-order valence-corrected chi connectivity index (χ0v) is 36.4. The fourth-order valence-electron chi connectivity index (χ4n) is 8.37. The number of benzene rings is 1. The number of carbonyl (C=O) groups is 7. The number of rotatable bonds is 9. The Bertz CT molecular complexity index is 1760. The standard InChI is InChI=1S/C41H58Cl2F3N7O7/c1-24(2)20-29-38(59)52(5)32(22-26-21-27(42)14-15-28(26)43)34(55)48-23-33(54)47-18-10-7-12-30(35(56)50-29)51(4)37(58)25(3)49-36(57)31-13-11-19-53(31)39(60)40(41(44,45)46)16-8-6-9-17-40/h14-15,21,24-25,29-32H,6-13,16-20,22-23H2,1-5H3,(H,47,54)(H,48,55)(H,49,57)(H,50,56)/t25-,29-,30-,31-,32-/m0/s1. The van der Waals surface area contributed by atoms with E-state index in [4.69, 9.17) is 23.2 Å². The average Bonchev–Trinajstić information content (AvgIpc) is 3.69. The first kappa shape index (κ1) is 48.5. The van der Waals surface area contributed by atoms with E-state index in [1.807, 2.05) is 13.8 Å². The number of amides is 7. The Hall–Kier alpha value is -4.12. The summed E-state index contributed by atoms with van der Waals surface area (Å²) >= 11 is 12.7. The molecule has 0 aromatic heterocycles. The molecule has 4 rings (SSSR count). The van der Waals surface area contributed by atoms with Crippen molar-refractivity contribution in [2.75, 3.05) is 33.7 Å². The van der Waals surface area contributed by atoms with Crippen LogP contribution in [0.4, 0.5) is 13.2 Å². The third kappa shape index (κ3) is 11.8. The van der Waals surface area contributed by atoms with Crippen LogP contribution in [0.1, 0.15) is 97.0 Å². The van der Waals surface area contributed by atoms with Gasteiger partial charge in [-0.25, -0.2) is 0 Å². The molecule has 5 atom stereocenters. The lowest BCUT2D eigenvalue weighted by Gasteiger charge is -2.41. The van der Waals surface area contributed by atoms with Crippen LogP contribution < -0.4 is 21.3 Å². The van der Waals surface area contributed by atoms with Crippen LogP contribution in [0.5, 0.6) is 0 Å². The number of hydrogen-bond donors (Lipinski definition) is 4. The van der Waals surface area contributed by atoms with Crippen molar-refractivity contribution in [3.8, 4) is 0 Å². The Kier molecular flexibility index (Phi) is 17.1. The summed E-state index contributed by atoms with van der Waals surface area (Å²) in [7, 11) is 2.78. The van der Waals surface area contributed by atoms with Gasteiger partial charge in [-0.1, -0.05) is 56.3 Å².